The molecule has 34 heavy (non-hydrogen) atoms. The van der Waals surface area contributed by atoms with Gasteiger partial charge in [0.25, 0.3) is 5.91 Å². The number of hydrogen-bond donors (Lipinski definition) is 2. The van der Waals surface area contributed by atoms with Gasteiger partial charge in [-0.25, -0.2) is 22.2 Å². The number of rotatable bonds is 5. The topological polar surface area (TPSA) is 91.4 Å². The second-order valence-corrected chi connectivity index (χ2v) is 10.7. The van der Waals surface area contributed by atoms with E-state index in [0.29, 0.717) is 24.2 Å². The molecule has 1 aliphatic rings. The summed E-state index contributed by atoms with van der Waals surface area (Å²) in [5.41, 5.74) is 7.35. The van der Waals surface area contributed by atoms with Gasteiger partial charge in [0.1, 0.15) is 11.3 Å². The number of sulfonamides is 1. The van der Waals surface area contributed by atoms with Crippen molar-refractivity contribution in [1.29, 1.82) is 0 Å². The van der Waals surface area contributed by atoms with E-state index in [-0.39, 0.29) is 21.1 Å². The predicted octanol–water partition coefficient (Wildman–Crippen LogP) is 4.08. The molecule has 3 aromatic carbocycles. The van der Waals surface area contributed by atoms with Gasteiger partial charge in [-0.05, 0) is 47.9 Å². The van der Waals surface area contributed by atoms with Crippen LogP contribution in [0.4, 0.5) is 13.9 Å². The molecule has 2 heterocycles. The van der Waals surface area contributed by atoms with E-state index in [2.05, 4.69) is 15.8 Å². The number of fused-ring (bicyclic) bond motifs is 2. The molecule has 0 saturated heterocycles. The largest absolute Gasteiger partial charge is 0.273 e. The number of thiazole rings is 1. The van der Waals surface area contributed by atoms with Gasteiger partial charge in [-0.3, -0.25) is 15.6 Å². The Hall–Kier alpha value is -3.41. The Morgan fingerprint density at radius 2 is 1.76 bits per heavy atom. The first kappa shape index (κ1) is 22.4. The second-order valence-electron chi connectivity index (χ2n) is 7.71. The van der Waals surface area contributed by atoms with Gasteiger partial charge in [-0.15, -0.1) is 0 Å². The third-order valence-electron chi connectivity index (χ3n) is 5.55. The highest BCUT2D eigenvalue weighted by Gasteiger charge is 2.28. The van der Waals surface area contributed by atoms with Crippen molar-refractivity contribution in [3.8, 4) is 0 Å². The zero-order valence-electron chi connectivity index (χ0n) is 17.6. The van der Waals surface area contributed by atoms with Crippen LogP contribution in [0.1, 0.15) is 21.5 Å². The molecule has 0 unspecified atom stereocenters. The van der Waals surface area contributed by atoms with E-state index in [4.69, 9.17) is 0 Å². The Kier molecular flexibility index (Phi) is 5.76. The molecule has 11 heteroatoms. The fraction of sp³-hybridized carbons (Fsp3) is 0.130. The molecule has 0 saturated carbocycles. The van der Waals surface area contributed by atoms with Crippen LogP contribution in [0.5, 0.6) is 0 Å². The molecular weight excluding hydrogens is 482 g/mol. The van der Waals surface area contributed by atoms with Crippen molar-refractivity contribution in [2.45, 2.75) is 17.9 Å². The smallest absolute Gasteiger partial charge is 0.269 e. The van der Waals surface area contributed by atoms with E-state index < -0.39 is 27.6 Å². The van der Waals surface area contributed by atoms with E-state index in [9.17, 15) is 22.0 Å². The van der Waals surface area contributed by atoms with Crippen LogP contribution in [0.3, 0.4) is 0 Å². The first-order valence-electron chi connectivity index (χ1n) is 10.3. The maximum Gasteiger partial charge on any atom is 0.269 e. The van der Waals surface area contributed by atoms with E-state index >= 15 is 0 Å². The second kappa shape index (κ2) is 8.75. The van der Waals surface area contributed by atoms with Gasteiger partial charge in [0.2, 0.25) is 15.2 Å². The Labute approximate surface area is 198 Å². The molecule has 1 aromatic heterocycles. The van der Waals surface area contributed by atoms with Crippen LogP contribution in [0.15, 0.2) is 65.6 Å². The quantitative estimate of drug-likeness (QED) is 0.403. The highest BCUT2D eigenvalue weighted by atomic mass is 32.2. The minimum atomic E-state index is -3.71. The number of hydrazine groups is 1. The summed E-state index contributed by atoms with van der Waals surface area (Å²) >= 11 is 0.978. The van der Waals surface area contributed by atoms with Crippen LogP contribution in [0, 0.1) is 11.6 Å². The molecule has 2 N–H and O–H groups in total. The van der Waals surface area contributed by atoms with Gasteiger partial charge >= 0.3 is 0 Å². The van der Waals surface area contributed by atoms with Crippen molar-refractivity contribution < 1.29 is 22.0 Å². The summed E-state index contributed by atoms with van der Waals surface area (Å²) < 4.78 is 55.0. The molecule has 0 fully saturated rings. The molecule has 7 nitrogen and oxygen atoms in total. The molecule has 0 bridgehead atoms. The van der Waals surface area contributed by atoms with Crippen molar-refractivity contribution >= 4 is 42.6 Å². The average molecular weight is 501 g/mol. The predicted molar refractivity (Wildman–Crippen MR) is 125 cm³/mol. The van der Waals surface area contributed by atoms with Crippen LogP contribution < -0.4 is 10.9 Å². The highest BCUT2D eigenvalue weighted by Crippen LogP contribution is 2.28. The average Bonchev–Trinajstić information content (AvgIpc) is 3.25. The summed E-state index contributed by atoms with van der Waals surface area (Å²) in [6, 6.07) is 15.3. The van der Waals surface area contributed by atoms with Crippen LogP contribution in [-0.2, 0) is 23.0 Å². The molecule has 1 aliphatic heterocycles. The molecule has 1 amide bonds. The van der Waals surface area contributed by atoms with Gasteiger partial charge in [-0.2, -0.15) is 4.31 Å². The standard InChI is InChI=1S/C23H18F2N4O3S2/c24-17-11-19(25)21-20(12-17)33-23(26-21)28-27-22(30)15-5-7-18(8-6-15)34(31,32)29-10-9-14-3-1-2-4-16(14)13-29/h1-8,11-12H,9-10,13H2,(H,26,28)(H,27,30). The number of benzene rings is 3. The summed E-state index contributed by atoms with van der Waals surface area (Å²) in [5, 5.41) is 0.178. The molecule has 4 aromatic rings. The number of amides is 1. The van der Waals surface area contributed by atoms with Crippen LogP contribution in [0.25, 0.3) is 10.2 Å². The number of carbonyl (C=O) groups excluding carboxylic acids is 1. The van der Waals surface area contributed by atoms with Crippen LogP contribution >= 0.6 is 11.3 Å². The van der Waals surface area contributed by atoms with E-state index in [1.54, 1.807) is 0 Å². The summed E-state index contributed by atoms with van der Waals surface area (Å²) in [5.74, 6) is -2.05. The first-order valence-corrected chi connectivity index (χ1v) is 12.6. The third-order valence-corrected chi connectivity index (χ3v) is 8.32. The lowest BCUT2D eigenvalue weighted by molar-refractivity contribution is 0.0962. The fourth-order valence-electron chi connectivity index (χ4n) is 3.80. The third kappa shape index (κ3) is 4.25. The Bertz CT molecular complexity index is 1500. The van der Waals surface area contributed by atoms with Gasteiger partial charge in [0.15, 0.2) is 5.82 Å². The van der Waals surface area contributed by atoms with Gasteiger partial charge < -0.3 is 0 Å². The Morgan fingerprint density at radius 3 is 2.53 bits per heavy atom. The summed E-state index contributed by atoms with van der Waals surface area (Å²) in [4.78, 5) is 16.6. The van der Waals surface area contributed by atoms with E-state index in [1.807, 2.05) is 24.3 Å². The van der Waals surface area contributed by atoms with E-state index in [1.165, 1.54) is 28.6 Å². The number of anilines is 1. The first-order chi connectivity index (χ1) is 16.3. The minimum Gasteiger partial charge on any atom is -0.273 e. The molecule has 174 valence electrons. The summed E-state index contributed by atoms with van der Waals surface area (Å²) in [7, 11) is -3.71. The maximum absolute atomic E-state index is 13.8. The molecule has 0 spiro atoms. The maximum atomic E-state index is 13.8. The normalized spacial score (nSPS) is 14.1. The van der Waals surface area contributed by atoms with Crippen molar-refractivity contribution in [2.75, 3.05) is 12.0 Å². The molecule has 0 radical (unpaired) electrons. The van der Waals surface area contributed by atoms with Crippen molar-refractivity contribution in [3.05, 3.63) is 89.0 Å². The lowest BCUT2D eigenvalue weighted by Crippen LogP contribution is -2.36. The molecular formula is C23H18F2N4O3S2. The van der Waals surface area contributed by atoms with Gasteiger partial charge in [-0.1, -0.05) is 35.6 Å². The van der Waals surface area contributed by atoms with Gasteiger partial charge in [0.05, 0.1) is 9.60 Å². The van der Waals surface area contributed by atoms with Crippen molar-refractivity contribution in [2.24, 2.45) is 0 Å². The summed E-state index contributed by atoms with van der Waals surface area (Å²) in [6.07, 6.45) is 0.643. The fourth-order valence-corrected chi connectivity index (χ4v) is 6.07. The minimum absolute atomic E-state index is 0.00181. The number of halogens is 2. The lowest BCUT2D eigenvalue weighted by atomic mass is 10.0. The van der Waals surface area contributed by atoms with E-state index in [0.717, 1.165) is 34.6 Å². The Morgan fingerprint density at radius 1 is 1.03 bits per heavy atom. The van der Waals surface area contributed by atoms with Gasteiger partial charge in [0, 0.05) is 24.7 Å². The zero-order valence-corrected chi connectivity index (χ0v) is 19.2. The highest BCUT2D eigenvalue weighted by molar-refractivity contribution is 7.89. The summed E-state index contributed by atoms with van der Waals surface area (Å²) in [6.45, 7) is 0.690. The number of nitrogens with one attached hydrogen (secondary N) is 2. The number of carbonyl (C=O) groups is 1. The van der Waals surface area contributed by atoms with Crippen molar-refractivity contribution in [3.63, 3.8) is 0 Å². The zero-order chi connectivity index (χ0) is 23.9. The Balaban J connectivity index is 1.26. The molecule has 0 aliphatic carbocycles. The van der Waals surface area contributed by atoms with Crippen molar-refractivity contribution in [1.82, 2.24) is 14.7 Å². The number of hydrogen-bond acceptors (Lipinski definition) is 6. The van der Waals surface area contributed by atoms with Crippen LogP contribution in [0.2, 0.25) is 0 Å². The number of aromatic nitrogens is 1. The van der Waals surface area contributed by atoms with Crippen LogP contribution in [-0.4, -0.2) is 30.2 Å². The monoisotopic (exact) mass is 500 g/mol. The number of nitrogens with zero attached hydrogens (tertiary/aromatic N) is 2. The SMILES string of the molecule is O=C(NNc1nc2c(F)cc(F)cc2s1)c1ccc(S(=O)(=O)N2CCc3ccccc3C2)cc1. The molecule has 0 atom stereocenters. The molecule has 5 rings (SSSR count). The lowest BCUT2D eigenvalue weighted by Gasteiger charge is -2.28.